The summed E-state index contributed by atoms with van der Waals surface area (Å²) in [5, 5.41) is 13.6. The van der Waals surface area contributed by atoms with Crippen LogP contribution in [0.25, 0.3) is 0 Å². The Bertz CT molecular complexity index is 394. The molecular formula is C7H10N6S. The third-order valence-corrected chi connectivity index (χ3v) is 2.39. The number of hydrogen-bond acceptors (Lipinski definition) is 6. The first-order valence-electron chi connectivity index (χ1n) is 4.13. The van der Waals surface area contributed by atoms with Gasteiger partial charge in [0.15, 0.2) is 0 Å². The summed E-state index contributed by atoms with van der Waals surface area (Å²) in [4.78, 5) is 0. The van der Waals surface area contributed by atoms with Gasteiger partial charge >= 0.3 is 0 Å². The second-order valence-electron chi connectivity index (χ2n) is 3.02. The third kappa shape index (κ3) is 1.94. The number of nitrogens with zero attached hydrogens (tertiary/aromatic N) is 5. The lowest BCUT2D eigenvalue weighted by Crippen LogP contribution is -2.14. The van der Waals surface area contributed by atoms with Gasteiger partial charge in [-0.05, 0) is 11.5 Å². The van der Waals surface area contributed by atoms with Gasteiger partial charge in [0.2, 0.25) is 0 Å². The van der Waals surface area contributed by atoms with Crippen LogP contribution in [0.1, 0.15) is 17.4 Å². The van der Waals surface area contributed by atoms with Crippen LogP contribution in [-0.4, -0.2) is 24.6 Å². The molecule has 6 nitrogen and oxygen atoms in total. The number of rotatable bonds is 3. The third-order valence-electron chi connectivity index (χ3n) is 1.83. The molecule has 1 unspecified atom stereocenters. The molecule has 0 aliphatic heterocycles. The van der Waals surface area contributed by atoms with Crippen molar-refractivity contribution in [2.45, 2.75) is 12.5 Å². The Morgan fingerprint density at radius 2 is 2.43 bits per heavy atom. The molecule has 2 aromatic rings. The van der Waals surface area contributed by atoms with E-state index in [2.05, 4.69) is 19.9 Å². The minimum atomic E-state index is -0.160. The lowest BCUT2D eigenvalue weighted by molar-refractivity contribution is 0.672. The second kappa shape index (κ2) is 3.81. The number of hydrogen-bond donors (Lipinski definition) is 1. The van der Waals surface area contributed by atoms with E-state index in [9.17, 15) is 0 Å². The van der Waals surface area contributed by atoms with E-state index in [0.29, 0.717) is 6.42 Å². The molecule has 0 radical (unpaired) electrons. The minimum Gasteiger partial charge on any atom is -0.322 e. The first-order chi connectivity index (χ1) is 6.75. The van der Waals surface area contributed by atoms with Crippen molar-refractivity contribution >= 4 is 11.5 Å². The maximum Gasteiger partial charge on any atom is 0.0997 e. The van der Waals surface area contributed by atoms with E-state index in [1.807, 2.05) is 18.6 Å². The summed E-state index contributed by atoms with van der Waals surface area (Å²) in [5.41, 5.74) is 7.60. The van der Waals surface area contributed by atoms with E-state index >= 15 is 0 Å². The van der Waals surface area contributed by atoms with Crippen LogP contribution >= 0.6 is 11.5 Å². The summed E-state index contributed by atoms with van der Waals surface area (Å²) in [6.45, 7) is 0. The van der Waals surface area contributed by atoms with Gasteiger partial charge in [0.05, 0.1) is 17.4 Å². The van der Waals surface area contributed by atoms with Crippen molar-refractivity contribution in [1.82, 2.24) is 24.6 Å². The molecule has 1 atom stereocenters. The van der Waals surface area contributed by atoms with Crippen LogP contribution in [0.2, 0.25) is 0 Å². The Morgan fingerprint density at radius 1 is 1.57 bits per heavy atom. The molecule has 14 heavy (non-hydrogen) atoms. The molecule has 2 N–H and O–H groups in total. The molecule has 74 valence electrons. The zero-order valence-corrected chi connectivity index (χ0v) is 8.48. The average molecular weight is 210 g/mol. The van der Waals surface area contributed by atoms with Gasteiger partial charge in [0.1, 0.15) is 0 Å². The Hall–Kier alpha value is -1.34. The van der Waals surface area contributed by atoms with Crippen molar-refractivity contribution in [3.8, 4) is 0 Å². The summed E-state index contributed by atoms with van der Waals surface area (Å²) >= 11 is 1.32. The summed E-state index contributed by atoms with van der Waals surface area (Å²) < 4.78 is 5.40. The van der Waals surface area contributed by atoms with Gasteiger partial charge in [0, 0.05) is 25.0 Å². The molecule has 0 spiro atoms. The predicted octanol–water partition coefficient (Wildman–Crippen LogP) is -0.0909. The first-order valence-corrected chi connectivity index (χ1v) is 4.97. The first kappa shape index (κ1) is 9.22. The zero-order valence-electron chi connectivity index (χ0n) is 7.66. The van der Waals surface area contributed by atoms with Crippen molar-refractivity contribution in [2.24, 2.45) is 12.8 Å². The molecule has 0 saturated heterocycles. The standard InChI is InChI=1S/C7H10N6S/c1-13-3-7(10-11-13)6(8)2-5-4-14-12-9-5/h3-4,6H,2,8H2,1H3. The van der Waals surface area contributed by atoms with Gasteiger partial charge in [0.25, 0.3) is 0 Å². The molecule has 0 aromatic carbocycles. The SMILES string of the molecule is Cn1cc(C(N)Cc2csnn2)nn1. The van der Waals surface area contributed by atoms with Crippen LogP contribution in [0.4, 0.5) is 0 Å². The van der Waals surface area contributed by atoms with E-state index in [0.717, 1.165) is 11.4 Å². The van der Waals surface area contributed by atoms with Crippen LogP contribution in [0.5, 0.6) is 0 Å². The van der Waals surface area contributed by atoms with Crippen LogP contribution in [0, 0.1) is 0 Å². The van der Waals surface area contributed by atoms with Crippen molar-refractivity contribution in [3.05, 3.63) is 23.0 Å². The highest BCUT2D eigenvalue weighted by Crippen LogP contribution is 2.11. The molecule has 2 aromatic heterocycles. The highest BCUT2D eigenvalue weighted by atomic mass is 32.1. The van der Waals surface area contributed by atoms with E-state index < -0.39 is 0 Å². The molecule has 0 bridgehead atoms. The average Bonchev–Trinajstić information content (AvgIpc) is 2.75. The van der Waals surface area contributed by atoms with Crippen LogP contribution < -0.4 is 5.73 Å². The van der Waals surface area contributed by atoms with Gasteiger partial charge < -0.3 is 5.73 Å². The largest absolute Gasteiger partial charge is 0.322 e. The molecule has 7 heteroatoms. The van der Waals surface area contributed by atoms with Gasteiger partial charge in [-0.15, -0.1) is 10.2 Å². The van der Waals surface area contributed by atoms with Crippen molar-refractivity contribution < 1.29 is 0 Å². The van der Waals surface area contributed by atoms with Crippen molar-refractivity contribution in [2.75, 3.05) is 0 Å². The predicted molar refractivity (Wildman–Crippen MR) is 51.5 cm³/mol. The smallest absolute Gasteiger partial charge is 0.0997 e. The highest BCUT2D eigenvalue weighted by molar-refractivity contribution is 7.03. The van der Waals surface area contributed by atoms with Gasteiger partial charge in [-0.2, -0.15) is 0 Å². The van der Waals surface area contributed by atoms with E-state index in [4.69, 9.17) is 5.73 Å². The summed E-state index contributed by atoms with van der Waals surface area (Å²) in [5.74, 6) is 0. The summed E-state index contributed by atoms with van der Waals surface area (Å²) in [6, 6.07) is -0.160. The second-order valence-corrected chi connectivity index (χ2v) is 3.63. The van der Waals surface area contributed by atoms with Crippen LogP contribution in [-0.2, 0) is 13.5 Å². The van der Waals surface area contributed by atoms with E-state index in [-0.39, 0.29) is 6.04 Å². The molecule has 0 aliphatic carbocycles. The summed E-state index contributed by atoms with van der Waals surface area (Å²) in [6.07, 6.45) is 2.46. The highest BCUT2D eigenvalue weighted by Gasteiger charge is 2.11. The minimum absolute atomic E-state index is 0.160. The van der Waals surface area contributed by atoms with Crippen LogP contribution in [0.3, 0.4) is 0 Å². The van der Waals surface area contributed by atoms with Gasteiger partial charge in [-0.1, -0.05) is 9.70 Å². The quantitative estimate of drug-likeness (QED) is 0.765. The Kier molecular flexibility index (Phi) is 2.51. The van der Waals surface area contributed by atoms with Gasteiger partial charge in [-0.3, -0.25) is 4.68 Å². The Balaban J connectivity index is 2.06. The van der Waals surface area contributed by atoms with E-state index in [1.165, 1.54) is 11.5 Å². The van der Waals surface area contributed by atoms with Crippen LogP contribution in [0.15, 0.2) is 11.6 Å². The normalized spacial score (nSPS) is 13.0. The zero-order chi connectivity index (χ0) is 9.97. The Labute approximate surface area is 84.9 Å². The lowest BCUT2D eigenvalue weighted by Gasteiger charge is -2.03. The number of nitrogens with two attached hydrogens (primary N) is 1. The molecule has 0 amide bonds. The van der Waals surface area contributed by atoms with Crippen molar-refractivity contribution in [3.63, 3.8) is 0 Å². The molecule has 2 heterocycles. The number of aryl methyl sites for hydroxylation is 1. The molecule has 2 rings (SSSR count). The van der Waals surface area contributed by atoms with Crippen molar-refractivity contribution in [1.29, 1.82) is 0 Å². The maximum absolute atomic E-state index is 5.92. The molecule has 0 fully saturated rings. The Morgan fingerprint density at radius 3 is 3.00 bits per heavy atom. The fraction of sp³-hybridized carbons (Fsp3) is 0.429. The van der Waals surface area contributed by atoms with E-state index in [1.54, 1.807) is 4.68 Å². The lowest BCUT2D eigenvalue weighted by atomic mass is 10.1. The maximum atomic E-state index is 5.92. The molecule has 0 saturated carbocycles. The monoisotopic (exact) mass is 210 g/mol. The fourth-order valence-electron chi connectivity index (χ4n) is 1.14. The molecular weight excluding hydrogens is 200 g/mol. The number of aromatic nitrogens is 5. The fourth-order valence-corrected chi connectivity index (χ4v) is 1.60. The molecule has 0 aliphatic rings. The topological polar surface area (TPSA) is 82.5 Å². The summed E-state index contributed by atoms with van der Waals surface area (Å²) in [7, 11) is 1.81. The van der Waals surface area contributed by atoms with Gasteiger partial charge in [-0.25, -0.2) is 0 Å².